The number of carbonyl (C=O) groups excluding carboxylic acids is 1. The molecule has 1 aromatic heterocycles. The van der Waals surface area contributed by atoms with Crippen molar-refractivity contribution in [3.8, 4) is 11.5 Å². The molecule has 1 amide bonds. The maximum absolute atomic E-state index is 13.5. The topological polar surface area (TPSA) is 60.9 Å². The number of rotatable bonds is 10. The lowest BCUT2D eigenvalue weighted by Crippen LogP contribution is -2.30. The zero-order valence-electron chi connectivity index (χ0n) is 18.2. The Morgan fingerprint density at radius 2 is 1.71 bits per heavy atom. The maximum atomic E-state index is 13.5. The Kier molecular flexibility index (Phi) is 8.01. The molecule has 0 unspecified atom stereocenters. The van der Waals surface area contributed by atoms with Crippen LogP contribution in [0.2, 0.25) is 0 Å². The molecular weight excluding hydrogens is 392 g/mol. The Labute approximate surface area is 183 Å². The van der Waals surface area contributed by atoms with Crippen molar-refractivity contribution >= 4 is 5.91 Å². The summed E-state index contributed by atoms with van der Waals surface area (Å²) in [5, 5.41) is 0. The van der Waals surface area contributed by atoms with E-state index in [1.54, 1.807) is 43.6 Å². The van der Waals surface area contributed by atoms with Crippen molar-refractivity contribution < 1.29 is 19.0 Å². The Morgan fingerprint density at radius 3 is 2.45 bits per heavy atom. The van der Waals surface area contributed by atoms with Crippen molar-refractivity contribution in [2.24, 2.45) is 0 Å². The molecule has 1 heterocycles. The van der Waals surface area contributed by atoms with Gasteiger partial charge in [0, 0.05) is 32.6 Å². The first-order chi connectivity index (χ1) is 15.1. The van der Waals surface area contributed by atoms with Gasteiger partial charge in [0.1, 0.15) is 17.6 Å². The smallest absolute Gasteiger partial charge is 0.258 e. The van der Waals surface area contributed by atoms with Crippen molar-refractivity contribution in [1.29, 1.82) is 0 Å². The number of hydrogen-bond donors (Lipinski definition) is 0. The van der Waals surface area contributed by atoms with Crippen LogP contribution in [0.15, 0.2) is 73.1 Å². The molecule has 0 radical (unpaired) electrons. The Bertz CT molecular complexity index is 978. The van der Waals surface area contributed by atoms with Gasteiger partial charge < -0.3 is 19.1 Å². The van der Waals surface area contributed by atoms with Gasteiger partial charge in [-0.05, 0) is 54.4 Å². The highest BCUT2D eigenvalue weighted by molar-refractivity contribution is 5.96. The molecule has 3 aromatic rings. The minimum atomic E-state index is -0.103. The summed E-state index contributed by atoms with van der Waals surface area (Å²) in [7, 11) is 3.22. The van der Waals surface area contributed by atoms with Crippen molar-refractivity contribution in [3.05, 3.63) is 89.7 Å². The molecule has 0 aliphatic heterocycles. The fourth-order valence-corrected chi connectivity index (χ4v) is 3.34. The average molecular weight is 421 g/mol. The van der Waals surface area contributed by atoms with Gasteiger partial charge in [0.25, 0.3) is 5.91 Å². The highest BCUT2D eigenvalue weighted by atomic mass is 16.5. The largest absolute Gasteiger partial charge is 0.496 e. The van der Waals surface area contributed by atoms with Crippen LogP contribution in [-0.4, -0.2) is 42.7 Å². The Morgan fingerprint density at radius 1 is 0.968 bits per heavy atom. The fourth-order valence-electron chi connectivity index (χ4n) is 3.34. The van der Waals surface area contributed by atoms with Crippen molar-refractivity contribution in [2.45, 2.75) is 26.1 Å². The molecule has 0 spiro atoms. The highest BCUT2D eigenvalue weighted by Crippen LogP contribution is 2.23. The number of aromatic nitrogens is 1. The van der Waals surface area contributed by atoms with Crippen LogP contribution in [0.1, 0.15) is 28.4 Å². The minimum absolute atomic E-state index is 0.0663. The minimum Gasteiger partial charge on any atom is -0.496 e. The zero-order chi connectivity index (χ0) is 22.1. The van der Waals surface area contributed by atoms with E-state index in [4.69, 9.17) is 14.2 Å². The predicted molar refractivity (Wildman–Crippen MR) is 119 cm³/mol. The Hall–Kier alpha value is -3.38. The molecule has 31 heavy (non-hydrogen) atoms. The van der Waals surface area contributed by atoms with Crippen LogP contribution in [0.5, 0.6) is 11.5 Å². The number of nitrogens with zero attached hydrogens (tertiary/aromatic N) is 2. The molecule has 0 aliphatic carbocycles. The second kappa shape index (κ2) is 11.1. The summed E-state index contributed by atoms with van der Waals surface area (Å²) in [5.41, 5.74) is 2.50. The quantitative estimate of drug-likeness (QED) is 0.488. The van der Waals surface area contributed by atoms with Crippen LogP contribution in [0, 0.1) is 0 Å². The van der Waals surface area contributed by atoms with E-state index in [1.165, 1.54) is 0 Å². The molecule has 2 aromatic carbocycles. The lowest BCUT2D eigenvalue weighted by Gasteiger charge is -2.24. The van der Waals surface area contributed by atoms with Crippen molar-refractivity contribution in [1.82, 2.24) is 9.88 Å². The number of ether oxygens (including phenoxy) is 3. The summed E-state index contributed by atoms with van der Waals surface area (Å²) < 4.78 is 16.5. The lowest BCUT2D eigenvalue weighted by atomic mass is 10.1. The normalized spacial score (nSPS) is 11.6. The first kappa shape index (κ1) is 22.3. The number of carbonyl (C=O) groups is 1. The summed E-state index contributed by atoms with van der Waals surface area (Å²) in [5.74, 6) is 1.20. The van der Waals surface area contributed by atoms with E-state index in [0.717, 1.165) is 16.9 Å². The summed E-state index contributed by atoms with van der Waals surface area (Å²) >= 11 is 0. The number of amides is 1. The third kappa shape index (κ3) is 6.30. The van der Waals surface area contributed by atoms with Gasteiger partial charge in [-0.3, -0.25) is 9.78 Å². The SMILES string of the molecule is COC[C@H](C)Oc1cccc(CN(Cc2ccncc2)C(=O)c2ccccc2OC)c1. The van der Waals surface area contributed by atoms with Crippen molar-refractivity contribution in [2.75, 3.05) is 20.8 Å². The third-order valence-electron chi connectivity index (χ3n) is 4.76. The molecule has 0 saturated heterocycles. The van der Waals surface area contributed by atoms with Crippen LogP contribution in [0.4, 0.5) is 0 Å². The van der Waals surface area contributed by atoms with Gasteiger partial charge in [0.15, 0.2) is 0 Å². The fraction of sp³-hybridized carbons (Fsp3) is 0.280. The molecule has 3 rings (SSSR count). The van der Waals surface area contributed by atoms with Gasteiger partial charge in [-0.2, -0.15) is 0 Å². The van der Waals surface area contributed by atoms with E-state index in [1.807, 2.05) is 55.5 Å². The first-order valence-corrected chi connectivity index (χ1v) is 10.2. The number of benzene rings is 2. The van der Waals surface area contributed by atoms with Crippen LogP contribution in [0.25, 0.3) is 0 Å². The number of para-hydroxylation sites is 1. The molecule has 1 atom stereocenters. The van der Waals surface area contributed by atoms with Gasteiger partial charge in [0.2, 0.25) is 0 Å². The monoisotopic (exact) mass is 420 g/mol. The van der Waals surface area contributed by atoms with E-state index in [9.17, 15) is 4.79 Å². The number of pyridine rings is 1. The van der Waals surface area contributed by atoms with E-state index in [0.29, 0.717) is 31.0 Å². The summed E-state index contributed by atoms with van der Waals surface area (Å²) in [6, 6.07) is 18.9. The zero-order valence-corrected chi connectivity index (χ0v) is 18.2. The van der Waals surface area contributed by atoms with Gasteiger partial charge >= 0.3 is 0 Å². The second-order valence-corrected chi connectivity index (χ2v) is 7.25. The van der Waals surface area contributed by atoms with E-state index in [2.05, 4.69) is 4.98 Å². The molecule has 0 N–H and O–H groups in total. The van der Waals surface area contributed by atoms with E-state index >= 15 is 0 Å². The summed E-state index contributed by atoms with van der Waals surface area (Å²) in [6.07, 6.45) is 3.39. The van der Waals surface area contributed by atoms with Crippen LogP contribution >= 0.6 is 0 Å². The van der Waals surface area contributed by atoms with Gasteiger partial charge in [0.05, 0.1) is 19.3 Å². The summed E-state index contributed by atoms with van der Waals surface area (Å²) in [6.45, 7) is 3.33. The molecular formula is C25H28N2O4. The molecule has 6 nitrogen and oxygen atoms in total. The van der Waals surface area contributed by atoms with Crippen LogP contribution in [0.3, 0.4) is 0 Å². The molecule has 0 aliphatic rings. The molecule has 0 saturated carbocycles. The molecule has 6 heteroatoms. The predicted octanol–water partition coefficient (Wildman–Crippen LogP) is 4.35. The van der Waals surface area contributed by atoms with Gasteiger partial charge in [-0.1, -0.05) is 24.3 Å². The van der Waals surface area contributed by atoms with Crippen molar-refractivity contribution in [3.63, 3.8) is 0 Å². The molecule has 0 bridgehead atoms. The molecule has 162 valence electrons. The number of hydrogen-bond acceptors (Lipinski definition) is 5. The molecule has 0 fully saturated rings. The number of methoxy groups -OCH3 is 2. The standard InChI is InChI=1S/C25H28N2O4/c1-19(18-29-2)31-22-8-6-7-21(15-22)17-27(16-20-11-13-26-14-12-20)25(28)23-9-4-5-10-24(23)30-3/h4-15,19H,16-18H2,1-3H3/t19-/m0/s1. The first-order valence-electron chi connectivity index (χ1n) is 10.2. The maximum Gasteiger partial charge on any atom is 0.258 e. The highest BCUT2D eigenvalue weighted by Gasteiger charge is 2.20. The summed E-state index contributed by atoms with van der Waals surface area (Å²) in [4.78, 5) is 19.3. The average Bonchev–Trinajstić information content (AvgIpc) is 2.79. The van der Waals surface area contributed by atoms with Gasteiger partial charge in [-0.25, -0.2) is 0 Å². The Balaban J connectivity index is 1.86. The van der Waals surface area contributed by atoms with Crippen LogP contribution in [-0.2, 0) is 17.8 Å². The third-order valence-corrected chi connectivity index (χ3v) is 4.76. The van der Waals surface area contributed by atoms with Gasteiger partial charge in [-0.15, -0.1) is 0 Å². The second-order valence-electron chi connectivity index (χ2n) is 7.25. The van der Waals surface area contributed by atoms with E-state index in [-0.39, 0.29) is 12.0 Å². The van der Waals surface area contributed by atoms with Crippen LogP contribution < -0.4 is 9.47 Å². The van der Waals surface area contributed by atoms with E-state index < -0.39 is 0 Å². The lowest BCUT2D eigenvalue weighted by molar-refractivity contribution is 0.0725.